The first kappa shape index (κ1) is 77.5. The van der Waals surface area contributed by atoms with E-state index in [4.69, 9.17) is 0 Å². The maximum Gasteiger partial charge on any atom is 0.0541 e. The van der Waals surface area contributed by atoms with Crippen LogP contribution in [0.5, 0.6) is 0 Å². The zero-order valence-corrected chi connectivity index (χ0v) is 75.6. The number of nitrogens with zero attached hydrogens (tertiary/aromatic N) is 7. The van der Waals surface area contributed by atoms with E-state index in [0.717, 1.165) is 89.8 Å². The molecule has 0 atom stereocenters. The number of hydrogen-bond acceptors (Lipinski definition) is 1. The van der Waals surface area contributed by atoms with Gasteiger partial charge >= 0.3 is 0 Å². The summed E-state index contributed by atoms with van der Waals surface area (Å²) in [4.78, 5) is 1.22. The lowest BCUT2D eigenvalue weighted by Crippen LogP contribution is -1.97. The van der Waals surface area contributed by atoms with Crippen LogP contribution in [0.25, 0.3) is 269 Å². The summed E-state index contributed by atoms with van der Waals surface area (Å²) in [7, 11) is 0. The van der Waals surface area contributed by atoms with Crippen LogP contribution in [0.2, 0.25) is 0 Å². The van der Waals surface area contributed by atoms with Crippen LogP contribution in [0.4, 0.5) is 0 Å². The van der Waals surface area contributed by atoms with Crippen LogP contribution in [0, 0.1) is 0 Å². The maximum absolute atomic E-state index is 2.49. The Morgan fingerprint density at radius 2 is 0.377 bits per heavy atom. The third-order valence-electron chi connectivity index (χ3n) is 29.1. The topological polar surface area (TPSA) is 34.5 Å². The molecule has 0 aliphatic carbocycles. The Morgan fingerprint density at radius 3 is 0.732 bits per heavy atom. The summed E-state index contributed by atoms with van der Waals surface area (Å²) in [5.41, 5.74) is 38.4. The second-order valence-electron chi connectivity index (χ2n) is 36.7. The van der Waals surface area contributed by atoms with Gasteiger partial charge < -0.3 is 32.0 Å². The number of para-hydroxylation sites is 9. The van der Waals surface area contributed by atoms with Gasteiger partial charge in [-0.2, -0.15) is 0 Å². The van der Waals surface area contributed by atoms with Crippen molar-refractivity contribution < 1.29 is 0 Å². The summed E-state index contributed by atoms with van der Waals surface area (Å²) < 4.78 is 18.2. The summed E-state index contributed by atoms with van der Waals surface area (Å²) in [5.74, 6) is 0. The summed E-state index contributed by atoms with van der Waals surface area (Å²) in [6, 6.07) is 183. The van der Waals surface area contributed by atoms with Gasteiger partial charge in [0.25, 0.3) is 0 Å². The predicted octanol–water partition coefficient (Wildman–Crippen LogP) is 35.1. The van der Waals surface area contributed by atoms with Crippen LogP contribution in [0.15, 0.2) is 491 Å². The normalized spacial score (nSPS) is 12.1. The lowest BCUT2D eigenvalue weighted by atomic mass is 9.98. The predicted molar refractivity (Wildman–Crippen MR) is 583 cm³/mol. The second kappa shape index (κ2) is 30.7. The molecule has 0 aliphatic heterocycles. The maximum atomic E-state index is 2.49. The molecule has 0 amide bonds. The number of benzene rings is 21. The van der Waals surface area contributed by atoms with Crippen LogP contribution >= 0.6 is 11.3 Å². The molecular formula is C130H81N7S. The molecule has 21 aromatic carbocycles. The minimum absolute atomic E-state index is 1.10. The van der Waals surface area contributed by atoms with Crippen LogP contribution in [0.3, 0.4) is 0 Å². The molecule has 29 aromatic rings. The van der Waals surface area contributed by atoms with Gasteiger partial charge in [0, 0.05) is 119 Å². The summed E-state index contributed by atoms with van der Waals surface area (Å²) >= 11 is 1.85. The molecule has 642 valence electrons. The van der Waals surface area contributed by atoms with E-state index >= 15 is 0 Å². The molecule has 0 unspecified atom stereocenters. The van der Waals surface area contributed by atoms with Crippen molar-refractivity contribution in [3.63, 3.8) is 0 Å². The Balaban J connectivity index is 0.499. The van der Waals surface area contributed by atoms with Crippen molar-refractivity contribution in [3.8, 4) is 117 Å². The summed E-state index contributed by atoms with van der Waals surface area (Å²) in [6.07, 6.45) is 0. The van der Waals surface area contributed by atoms with Crippen molar-refractivity contribution in [1.82, 2.24) is 32.0 Å². The standard InChI is InChI=1S/C130H81N7S/c1-5-26-96(27-6-1)131-115-39-18-13-24-93(115)80-128(131)83-46-59-101(60-47-83)136-124-65-52-89(85-48-61-120-107(72-85)103-35-14-19-40-116(103)132(120)97-28-7-2-8-29-97)76-111(124)112-77-90(53-66-125(112)136)88-51-64-123-110(75-88)106-38-17-22-43-119(106)135(123)100-57-44-82(45-58-100)84-56-69-129-95(70-84)81-130(138-129)94-25-23-34-102(71-94)137-126-67-54-91(86-49-62-121-108(73-86)104-36-15-20-41-117(104)133(121)98-30-9-3-10-31-98)78-113(126)114-79-92(55-68-127(114)137)87-50-63-122-109(74-87)105-37-16-21-42-118(105)134(122)99-32-11-4-12-33-99/h1-81H. The van der Waals surface area contributed by atoms with Crippen LogP contribution in [-0.2, 0) is 0 Å². The van der Waals surface area contributed by atoms with Crippen molar-refractivity contribution in [1.29, 1.82) is 0 Å². The molecule has 0 saturated carbocycles. The molecule has 8 heteroatoms. The zero-order valence-electron chi connectivity index (χ0n) is 74.8. The molecule has 0 fully saturated rings. The Hall–Kier alpha value is -18.1. The van der Waals surface area contributed by atoms with Gasteiger partial charge in [-0.25, -0.2) is 0 Å². The molecule has 0 bridgehead atoms. The van der Waals surface area contributed by atoms with Gasteiger partial charge in [-0.05, 0) is 309 Å². The quantitative estimate of drug-likeness (QED) is 0.104. The lowest BCUT2D eigenvalue weighted by molar-refractivity contribution is 1.13. The van der Waals surface area contributed by atoms with Crippen molar-refractivity contribution in [3.05, 3.63) is 491 Å². The van der Waals surface area contributed by atoms with Gasteiger partial charge in [0.15, 0.2) is 0 Å². The van der Waals surface area contributed by atoms with Crippen molar-refractivity contribution in [2.24, 2.45) is 0 Å². The van der Waals surface area contributed by atoms with Crippen molar-refractivity contribution in [2.45, 2.75) is 0 Å². The largest absolute Gasteiger partial charge is 0.309 e. The minimum Gasteiger partial charge on any atom is -0.309 e. The lowest BCUT2D eigenvalue weighted by Gasteiger charge is -2.13. The Labute approximate surface area is 797 Å². The van der Waals surface area contributed by atoms with Gasteiger partial charge in [0.1, 0.15) is 0 Å². The second-order valence-corrected chi connectivity index (χ2v) is 37.8. The summed E-state index contributed by atoms with van der Waals surface area (Å²) in [6.45, 7) is 0. The van der Waals surface area contributed by atoms with Crippen LogP contribution in [-0.4, -0.2) is 32.0 Å². The van der Waals surface area contributed by atoms with Crippen molar-refractivity contribution >= 4 is 163 Å². The van der Waals surface area contributed by atoms with E-state index in [0.29, 0.717) is 0 Å². The molecule has 7 nitrogen and oxygen atoms in total. The molecule has 29 rings (SSSR count). The Morgan fingerprint density at radius 1 is 0.123 bits per heavy atom. The summed E-state index contributed by atoms with van der Waals surface area (Å²) in [5, 5.41) is 17.0. The molecule has 8 aromatic heterocycles. The molecule has 0 aliphatic rings. The minimum atomic E-state index is 1.10. The van der Waals surface area contributed by atoms with E-state index in [1.54, 1.807) is 0 Å². The number of rotatable bonds is 14. The smallest absolute Gasteiger partial charge is 0.0541 e. The van der Waals surface area contributed by atoms with E-state index in [1.807, 2.05) is 11.3 Å². The van der Waals surface area contributed by atoms with E-state index in [2.05, 4.69) is 523 Å². The van der Waals surface area contributed by atoms with Gasteiger partial charge in [-0.15, -0.1) is 11.3 Å². The Kier molecular flexibility index (Phi) is 17.3. The third-order valence-corrected chi connectivity index (χ3v) is 30.3. The number of fused-ring (bicyclic) bond motifs is 20. The van der Waals surface area contributed by atoms with Gasteiger partial charge in [0.05, 0.1) is 77.4 Å². The highest BCUT2D eigenvalue weighted by atomic mass is 32.1. The fraction of sp³-hybridized carbons (Fsp3) is 0. The highest BCUT2D eigenvalue weighted by Crippen LogP contribution is 2.48. The van der Waals surface area contributed by atoms with E-state index in [1.165, 1.54) is 179 Å². The van der Waals surface area contributed by atoms with Crippen LogP contribution in [0.1, 0.15) is 0 Å². The molecule has 8 heterocycles. The van der Waals surface area contributed by atoms with E-state index < -0.39 is 0 Å². The molecule has 0 radical (unpaired) electrons. The SMILES string of the molecule is c1ccc(-n2c(-c3ccc(-n4c5ccc(-c6ccc7c(c6)c6ccccc6n7-c6ccccc6)cc5c5cc(-c6ccc7c(c6)c6ccccc6n7-c6ccc(-c7ccc8sc(-c9cccc(-n%10c%11ccc(-c%12ccc%13c(c%12)c%12ccccc%12n%13-c%12ccccc%12)cc%11c%11cc(-c%12ccc%13c(c%12)c%12ccccc%12n%13-c%12ccccc%12)ccc%11%10)c9)cc8c7)cc6)ccc54)cc3)cc3ccccc32)cc1. The third kappa shape index (κ3) is 12.2. The Bertz CT molecular complexity index is 9860. The molecule has 138 heavy (non-hydrogen) atoms. The average molecular weight is 1770 g/mol. The van der Waals surface area contributed by atoms with Gasteiger partial charge in [-0.1, -0.05) is 255 Å². The zero-order chi connectivity index (χ0) is 90.3. The fourth-order valence-corrected chi connectivity index (χ4v) is 23.8. The first-order chi connectivity index (χ1) is 68.4. The van der Waals surface area contributed by atoms with E-state index in [9.17, 15) is 0 Å². The molecule has 0 N–H and O–H groups in total. The van der Waals surface area contributed by atoms with Crippen LogP contribution < -0.4 is 0 Å². The highest BCUT2D eigenvalue weighted by Gasteiger charge is 2.25. The van der Waals surface area contributed by atoms with Gasteiger partial charge in [0.2, 0.25) is 0 Å². The first-order valence-corrected chi connectivity index (χ1v) is 48.2. The highest BCUT2D eigenvalue weighted by molar-refractivity contribution is 7.22. The van der Waals surface area contributed by atoms with Crippen molar-refractivity contribution in [2.75, 3.05) is 0 Å². The first-order valence-electron chi connectivity index (χ1n) is 47.4. The average Bonchev–Trinajstić information content (AvgIpc) is 1.60. The van der Waals surface area contributed by atoms with Gasteiger partial charge in [-0.3, -0.25) is 0 Å². The number of aromatic nitrogens is 7. The van der Waals surface area contributed by atoms with E-state index in [-0.39, 0.29) is 0 Å². The molecule has 0 saturated heterocycles. The molecular weight excluding hydrogens is 1690 g/mol. The number of hydrogen-bond donors (Lipinski definition) is 0. The number of thiophene rings is 1. The molecule has 0 spiro atoms. The monoisotopic (exact) mass is 1770 g/mol. The fourth-order valence-electron chi connectivity index (χ4n) is 22.7.